The third-order valence-electron chi connectivity index (χ3n) is 2.95. The molecule has 2 aromatic carbocycles. The fourth-order valence-electron chi connectivity index (χ4n) is 1.85. The van der Waals surface area contributed by atoms with Crippen molar-refractivity contribution in [2.75, 3.05) is 10.6 Å². The Bertz CT molecular complexity index is 739. The maximum Gasteiger partial charge on any atom is 0.416 e. The Balaban J connectivity index is 2.25. The topological polar surface area (TPSA) is 41.1 Å². The Kier molecular flexibility index (Phi) is 5.31. The number of hydrogen-bond donors (Lipinski definition) is 2. The van der Waals surface area contributed by atoms with Crippen molar-refractivity contribution in [1.29, 1.82) is 0 Å². The van der Waals surface area contributed by atoms with Crippen molar-refractivity contribution in [1.82, 2.24) is 0 Å². The van der Waals surface area contributed by atoms with Crippen LogP contribution in [0.1, 0.15) is 11.1 Å². The first-order valence-corrected chi connectivity index (χ1v) is 7.37. The van der Waals surface area contributed by atoms with Crippen LogP contribution >= 0.6 is 15.9 Å². The van der Waals surface area contributed by atoms with Crippen molar-refractivity contribution in [3.05, 3.63) is 58.1 Å². The van der Waals surface area contributed by atoms with Gasteiger partial charge in [0.25, 0.3) is 0 Å². The number of alkyl halides is 6. The van der Waals surface area contributed by atoms with Gasteiger partial charge < -0.3 is 10.6 Å². The summed E-state index contributed by atoms with van der Waals surface area (Å²) < 4.78 is 77.3. The van der Waals surface area contributed by atoms with Gasteiger partial charge in [-0.05, 0) is 42.5 Å². The Morgan fingerprint density at radius 2 is 1.20 bits per heavy atom. The number of anilines is 2. The maximum atomic E-state index is 12.8. The van der Waals surface area contributed by atoms with Gasteiger partial charge in [0.15, 0.2) is 0 Å². The molecular formula is C15H9BrF6N2O. The van der Waals surface area contributed by atoms with Gasteiger partial charge >= 0.3 is 18.4 Å². The van der Waals surface area contributed by atoms with E-state index in [0.717, 1.165) is 4.47 Å². The molecule has 0 fully saturated rings. The Labute approximate surface area is 146 Å². The standard InChI is InChI=1S/C15H9BrF6N2O/c16-10-1-3-11(4-2-10)23-13(25)24-12-6-8(14(17,18)19)5-9(7-12)15(20,21)22/h1-7H,(H2,23,24,25). The molecule has 2 aromatic rings. The molecule has 0 aliphatic rings. The van der Waals surface area contributed by atoms with Crippen LogP contribution in [0.5, 0.6) is 0 Å². The summed E-state index contributed by atoms with van der Waals surface area (Å²) in [4.78, 5) is 11.8. The molecular weight excluding hydrogens is 418 g/mol. The second-order valence-electron chi connectivity index (χ2n) is 4.88. The van der Waals surface area contributed by atoms with E-state index in [1.54, 1.807) is 12.1 Å². The first-order chi connectivity index (χ1) is 11.4. The molecule has 3 nitrogen and oxygen atoms in total. The van der Waals surface area contributed by atoms with Crippen molar-refractivity contribution in [2.45, 2.75) is 12.4 Å². The summed E-state index contributed by atoms with van der Waals surface area (Å²) in [5.74, 6) is 0. The molecule has 0 heterocycles. The van der Waals surface area contributed by atoms with Gasteiger partial charge in [-0.15, -0.1) is 0 Å². The lowest BCUT2D eigenvalue weighted by atomic mass is 10.1. The molecule has 25 heavy (non-hydrogen) atoms. The molecule has 0 aromatic heterocycles. The van der Waals surface area contributed by atoms with E-state index in [9.17, 15) is 31.1 Å². The highest BCUT2D eigenvalue weighted by atomic mass is 79.9. The van der Waals surface area contributed by atoms with Crippen LogP contribution < -0.4 is 10.6 Å². The average Bonchev–Trinajstić information content (AvgIpc) is 2.47. The number of amides is 2. The van der Waals surface area contributed by atoms with E-state index in [1.807, 2.05) is 5.32 Å². The van der Waals surface area contributed by atoms with Crippen LogP contribution in [-0.4, -0.2) is 6.03 Å². The van der Waals surface area contributed by atoms with Crippen molar-refractivity contribution in [2.24, 2.45) is 0 Å². The van der Waals surface area contributed by atoms with Gasteiger partial charge in [0.2, 0.25) is 0 Å². The number of nitrogens with one attached hydrogen (secondary N) is 2. The third kappa shape index (κ3) is 5.38. The van der Waals surface area contributed by atoms with E-state index in [2.05, 4.69) is 21.2 Å². The van der Waals surface area contributed by atoms with Crippen LogP contribution in [0.2, 0.25) is 0 Å². The Hall–Kier alpha value is -2.23. The lowest BCUT2D eigenvalue weighted by Gasteiger charge is -2.15. The summed E-state index contributed by atoms with van der Waals surface area (Å²) in [7, 11) is 0. The predicted octanol–water partition coefficient (Wildman–Crippen LogP) is 6.13. The average molecular weight is 427 g/mol. The van der Waals surface area contributed by atoms with Crippen molar-refractivity contribution in [3.8, 4) is 0 Å². The molecule has 10 heteroatoms. The van der Waals surface area contributed by atoms with Crippen LogP contribution in [0.15, 0.2) is 46.9 Å². The minimum Gasteiger partial charge on any atom is -0.308 e. The monoisotopic (exact) mass is 426 g/mol. The summed E-state index contributed by atoms with van der Waals surface area (Å²) in [6, 6.07) is 6.05. The Morgan fingerprint density at radius 3 is 1.64 bits per heavy atom. The van der Waals surface area contributed by atoms with Crippen LogP contribution in [-0.2, 0) is 12.4 Å². The highest BCUT2D eigenvalue weighted by Gasteiger charge is 2.37. The van der Waals surface area contributed by atoms with Crippen molar-refractivity contribution < 1.29 is 31.1 Å². The van der Waals surface area contributed by atoms with Gasteiger partial charge in [0, 0.05) is 15.8 Å². The summed E-state index contributed by atoms with van der Waals surface area (Å²) in [5, 5.41) is 4.27. The molecule has 2 N–H and O–H groups in total. The molecule has 0 bridgehead atoms. The first-order valence-electron chi connectivity index (χ1n) is 6.58. The zero-order valence-corrected chi connectivity index (χ0v) is 13.7. The summed E-state index contributed by atoms with van der Waals surface area (Å²) >= 11 is 3.18. The van der Waals surface area contributed by atoms with Gasteiger partial charge in [0.1, 0.15) is 0 Å². The molecule has 2 rings (SSSR count). The molecule has 2 amide bonds. The van der Waals surface area contributed by atoms with Crippen LogP contribution in [0, 0.1) is 0 Å². The van der Waals surface area contributed by atoms with E-state index in [0.29, 0.717) is 17.8 Å². The molecule has 134 valence electrons. The van der Waals surface area contributed by atoms with Crippen LogP contribution in [0.4, 0.5) is 42.5 Å². The number of carbonyl (C=O) groups excluding carboxylic acids is 1. The first kappa shape index (κ1) is 19.1. The van der Waals surface area contributed by atoms with E-state index in [1.165, 1.54) is 12.1 Å². The van der Waals surface area contributed by atoms with E-state index in [-0.39, 0.29) is 6.07 Å². The minimum absolute atomic E-state index is 0.0161. The fraction of sp³-hybridized carbons (Fsp3) is 0.133. The van der Waals surface area contributed by atoms with Gasteiger partial charge in [-0.3, -0.25) is 0 Å². The smallest absolute Gasteiger partial charge is 0.308 e. The number of rotatable bonds is 2. The van der Waals surface area contributed by atoms with E-state index >= 15 is 0 Å². The molecule has 0 unspecified atom stereocenters. The summed E-state index contributed by atoms with van der Waals surface area (Å²) in [5.41, 5.74) is -3.34. The van der Waals surface area contributed by atoms with Crippen molar-refractivity contribution in [3.63, 3.8) is 0 Å². The molecule has 0 aliphatic carbocycles. The highest BCUT2D eigenvalue weighted by Crippen LogP contribution is 2.37. The van der Waals surface area contributed by atoms with E-state index in [4.69, 9.17) is 0 Å². The molecule has 0 spiro atoms. The quantitative estimate of drug-likeness (QED) is 0.557. The predicted molar refractivity (Wildman–Crippen MR) is 83.2 cm³/mol. The zero-order chi connectivity index (χ0) is 18.8. The number of urea groups is 1. The van der Waals surface area contributed by atoms with Crippen LogP contribution in [0.25, 0.3) is 0 Å². The summed E-state index contributed by atoms with van der Waals surface area (Å²) in [6.45, 7) is 0. The van der Waals surface area contributed by atoms with Crippen molar-refractivity contribution >= 4 is 33.3 Å². The largest absolute Gasteiger partial charge is 0.416 e. The fourth-order valence-corrected chi connectivity index (χ4v) is 2.12. The molecule has 0 atom stereocenters. The minimum atomic E-state index is -4.99. The summed E-state index contributed by atoms with van der Waals surface area (Å²) in [6.07, 6.45) is -9.97. The SMILES string of the molecule is O=C(Nc1ccc(Br)cc1)Nc1cc(C(F)(F)F)cc(C(F)(F)F)c1. The number of halogens is 7. The second kappa shape index (κ2) is 6.95. The molecule has 0 saturated carbocycles. The maximum absolute atomic E-state index is 12.8. The van der Waals surface area contributed by atoms with Gasteiger partial charge in [0.05, 0.1) is 11.1 Å². The lowest BCUT2D eigenvalue weighted by Crippen LogP contribution is -2.20. The number of benzene rings is 2. The second-order valence-corrected chi connectivity index (χ2v) is 5.80. The highest BCUT2D eigenvalue weighted by molar-refractivity contribution is 9.10. The van der Waals surface area contributed by atoms with Gasteiger partial charge in [-0.25, -0.2) is 4.79 Å². The molecule has 0 saturated heterocycles. The molecule has 0 aliphatic heterocycles. The van der Waals surface area contributed by atoms with Gasteiger partial charge in [-0.1, -0.05) is 15.9 Å². The third-order valence-corrected chi connectivity index (χ3v) is 3.48. The normalized spacial score (nSPS) is 12.0. The van der Waals surface area contributed by atoms with E-state index < -0.39 is 35.2 Å². The number of carbonyl (C=O) groups is 1. The lowest BCUT2D eigenvalue weighted by molar-refractivity contribution is -0.143. The zero-order valence-electron chi connectivity index (χ0n) is 12.1. The van der Waals surface area contributed by atoms with Crippen LogP contribution in [0.3, 0.4) is 0 Å². The number of hydrogen-bond acceptors (Lipinski definition) is 1. The Morgan fingerprint density at radius 1 is 0.760 bits per heavy atom. The van der Waals surface area contributed by atoms with Gasteiger partial charge in [-0.2, -0.15) is 26.3 Å². The molecule has 0 radical (unpaired) electrons.